The van der Waals surface area contributed by atoms with Gasteiger partial charge in [-0.1, -0.05) is 24.3 Å². The molecule has 0 unspecified atom stereocenters. The smallest absolute Gasteiger partial charge is 0.0719 e. The van der Waals surface area contributed by atoms with E-state index in [9.17, 15) is 0 Å². The van der Waals surface area contributed by atoms with Crippen molar-refractivity contribution in [3.8, 4) is 0 Å². The zero-order chi connectivity index (χ0) is 14.2. The molecule has 20 heavy (non-hydrogen) atoms. The van der Waals surface area contributed by atoms with Crippen LogP contribution in [0.5, 0.6) is 0 Å². The lowest BCUT2D eigenvalue weighted by atomic mass is 10.1. The number of rotatable bonds is 8. The summed E-state index contributed by atoms with van der Waals surface area (Å²) in [7, 11) is 1.98. The summed E-state index contributed by atoms with van der Waals surface area (Å²) in [6.45, 7) is 5.29. The molecule has 4 nitrogen and oxygen atoms in total. The maximum absolute atomic E-state index is 5.50. The lowest BCUT2D eigenvalue weighted by Crippen LogP contribution is -2.18. The highest BCUT2D eigenvalue weighted by molar-refractivity contribution is 5.26. The van der Waals surface area contributed by atoms with Gasteiger partial charge >= 0.3 is 0 Å². The molecule has 0 bridgehead atoms. The number of nitrogens with one attached hydrogen (secondary N) is 1. The Morgan fingerprint density at radius 1 is 1.20 bits per heavy atom. The van der Waals surface area contributed by atoms with Gasteiger partial charge in [-0.25, -0.2) is 0 Å². The summed E-state index contributed by atoms with van der Waals surface area (Å²) in [6.07, 6.45) is 2.83. The molecule has 4 heteroatoms. The van der Waals surface area contributed by atoms with E-state index >= 15 is 0 Å². The van der Waals surface area contributed by atoms with Crippen LogP contribution in [0.3, 0.4) is 0 Å². The topological polar surface area (TPSA) is 39.1 Å². The summed E-state index contributed by atoms with van der Waals surface area (Å²) >= 11 is 0. The van der Waals surface area contributed by atoms with Crippen molar-refractivity contribution in [2.45, 2.75) is 26.5 Å². The van der Waals surface area contributed by atoms with E-state index in [1.54, 1.807) is 0 Å². The van der Waals surface area contributed by atoms with Crippen LogP contribution in [0, 0.1) is 0 Å². The molecule has 0 aliphatic rings. The largest absolute Gasteiger partial charge is 0.377 e. The first-order valence-corrected chi connectivity index (χ1v) is 7.13. The molecule has 0 saturated heterocycles. The fraction of sp³-hybridized carbons (Fsp3) is 0.438. The molecule has 2 aromatic rings. The maximum atomic E-state index is 5.50. The predicted octanol–water partition coefficient (Wildman–Crippen LogP) is 2.29. The van der Waals surface area contributed by atoms with Gasteiger partial charge in [-0.15, -0.1) is 0 Å². The van der Waals surface area contributed by atoms with Crippen LogP contribution in [0.4, 0.5) is 0 Å². The molecule has 0 amide bonds. The average Bonchev–Trinajstić information content (AvgIpc) is 2.88. The number of aromatic nitrogens is 2. The van der Waals surface area contributed by atoms with Gasteiger partial charge in [0.05, 0.1) is 6.61 Å². The van der Waals surface area contributed by atoms with Gasteiger partial charge in [-0.2, -0.15) is 5.10 Å². The zero-order valence-corrected chi connectivity index (χ0v) is 12.3. The summed E-state index contributed by atoms with van der Waals surface area (Å²) in [5, 5.41) is 7.66. The van der Waals surface area contributed by atoms with Gasteiger partial charge in [-0.05, 0) is 24.1 Å². The molecule has 108 valence electrons. The monoisotopic (exact) mass is 273 g/mol. The second kappa shape index (κ2) is 7.82. The molecule has 0 aliphatic heterocycles. The molecule has 0 fully saturated rings. The highest BCUT2D eigenvalue weighted by atomic mass is 16.5. The highest BCUT2D eigenvalue weighted by Gasteiger charge is 2.02. The Balaban J connectivity index is 1.80. The predicted molar refractivity (Wildman–Crippen MR) is 80.4 cm³/mol. The number of aryl methyl sites for hydroxylation is 1. The van der Waals surface area contributed by atoms with Gasteiger partial charge < -0.3 is 10.1 Å². The SMILES string of the molecule is CCOCc1ccccc1CNCCc1ccnn1C. The van der Waals surface area contributed by atoms with Crippen LogP contribution in [0.1, 0.15) is 23.7 Å². The lowest BCUT2D eigenvalue weighted by Gasteiger charge is -2.10. The Kier molecular flexibility index (Phi) is 5.77. The zero-order valence-electron chi connectivity index (χ0n) is 12.3. The second-order valence-corrected chi connectivity index (χ2v) is 4.78. The minimum Gasteiger partial charge on any atom is -0.377 e. The summed E-state index contributed by atoms with van der Waals surface area (Å²) in [5.74, 6) is 0. The van der Waals surface area contributed by atoms with E-state index in [-0.39, 0.29) is 0 Å². The number of hydrogen-bond acceptors (Lipinski definition) is 3. The van der Waals surface area contributed by atoms with Crippen LogP contribution in [0.25, 0.3) is 0 Å². The molecule has 1 aromatic carbocycles. The van der Waals surface area contributed by atoms with Crippen molar-refractivity contribution in [3.05, 3.63) is 53.3 Å². The number of nitrogens with zero attached hydrogens (tertiary/aromatic N) is 2. The lowest BCUT2D eigenvalue weighted by molar-refractivity contribution is 0.133. The van der Waals surface area contributed by atoms with Crippen LogP contribution < -0.4 is 5.32 Å². The van der Waals surface area contributed by atoms with Crippen LogP contribution in [-0.2, 0) is 31.4 Å². The van der Waals surface area contributed by atoms with E-state index < -0.39 is 0 Å². The molecule has 1 heterocycles. The molecule has 1 N–H and O–H groups in total. The van der Waals surface area contributed by atoms with Crippen molar-refractivity contribution in [3.63, 3.8) is 0 Å². The Labute approximate surface area is 120 Å². The normalized spacial score (nSPS) is 10.9. The van der Waals surface area contributed by atoms with Gasteiger partial charge in [0, 0.05) is 45.1 Å². The first kappa shape index (κ1) is 14.8. The molecule has 0 saturated carbocycles. The fourth-order valence-electron chi connectivity index (χ4n) is 2.17. The third-order valence-electron chi connectivity index (χ3n) is 3.38. The van der Waals surface area contributed by atoms with E-state index in [2.05, 4.69) is 40.7 Å². The van der Waals surface area contributed by atoms with E-state index in [4.69, 9.17) is 4.74 Å². The second-order valence-electron chi connectivity index (χ2n) is 4.78. The number of ether oxygens (including phenoxy) is 1. The quantitative estimate of drug-likeness (QED) is 0.750. The molecule has 2 rings (SSSR count). The van der Waals surface area contributed by atoms with E-state index in [0.29, 0.717) is 6.61 Å². The van der Waals surface area contributed by atoms with Crippen molar-refractivity contribution < 1.29 is 4.74 Å². The molecular weight excluding hydrogens is 250 g/mol. The molecule has 0 radical (unpaired) electrons. The minimum atomic E-state index is 0.691. The molecule has 0 aliphatic carbocycles. The summed E-state index contributed by atoms with van der Waals surface area (Å²) < 4.78 is 7.42. The number of benzene rings is 1. The van der Waals surface area contributed by atoms with Gasteiger partial charge in [0.15, 0.2) is 0 Å². The van der Waals surface area contributed by atoms with Crippen LogP contribution >= 0.6 is 0 Å². The van der Waals surface area contributed by atoms with Gasteiger partial charge in [0.25, 0.3) is 0 Å². The molecule has 1 aromatic heterocycles. The van der Waals surface area contributed by atoms with Crippen molar-refractivity contribution in [2.75, 3.05) is 13.2 Å². The van der Waals surface area contributed by atoms with E-state index in [0.717, 1.165) is 26.1 Å². The Bertz CT molecular complexity index is 522. The summed E-state index contributed by atoms with van der Waals surface area (Å²) in [5.41, 5.74) is 3.83. The van der Waals surface area contributed by atoms with Crippen molar-refractivity contribution in [2.24, 2.45) is 7.05 Å². The standard InChI is InChI=1S/C16H23N3O/c1-3-20-13-15-7-5-4-6-14(15)12-17-10-8-16-9-11-18-19(16)2/h4-7,9,11,17H,3,8,10,12-13H2,1-2H3. The first-order chi connectivity index (χ1) is 9.81. The van der Waals surface area contributed by atoms with Crippen molar-refractivity contribution in [1.29, 1.82) is 0 Å². The van der Waals surface area contributed by atoms with Crippen LogP contribution in [-0.4, -0.2) is 22.9 Å². The molecule has 0 atom stereocenters. The molecular formula is C16H23N3O. The molecule has 0 spiro atoms. The maximum Gasteiger partial charge on any atom is 0.0719 e. The third kappa shape index (κ3) is 4.18. The first-order valence-electron chi connectivity index (χ1n) is 7.13. The minimum absolute atomic E-state index is 0.691. The van der Waals surface area contributed by atoms with Gasteiger partial charge in [-0.3, -0.25) is 4.68 Å². The van der Waals surface area contributed by atoms with E-state index in [1.165, 1.54) is 16.8 Å². The number of hydrogen-bond donors (Lipinski definition) is 1. The third-order valence-corrected chi connectivity index (χ3v) is 3.38. The summed E-state index contributed by atoms with van der Waals surface area (Å²) in [6, 6.07) is 10.5. The van der Waals surface area contributed by atoms with Gasteiger partial charge in [0.1, 0.15) is 0 Å². The highest BCUT2D eigenvalue weighted by Crippen LogP contribution is 2.10. The Morgan fingerprint density at radius 2 is 2.00 bits per heavy atom. The van der Waals surface area contributed by atoms with E-state index in [1.807, 2.05) is 24.9 Å². The van der Waals surface area contributed by atoms with Crippen LogP contribution in [0.15, 0.2) is 36.5 Å². The van der Waals surface area contributed by atoms with Gasteiger partial charge in [0.2, 0.25) is 0 Å². The van der Waals surface area contributed by atoms with Crippen molar-refractivity contribution >= 4 is 0 Å². The van der Waals surface area contributed by atoms with Crippen LogP contribution in [0.2, 0.25) is 0 Å². The Hall–Kier alpha value is -1.65. The average molecular weight is 273 g/mol. The fourth-order valence-corrected chi connectivity index (χ4v) is 2.17. The Morgan fingerprint density at radius 3 is 2.70 bits per heavy atom. The van der Waals surface area contributed by atoms with Crippen molar-refractivity contribution in [1.82, 2.24) is 15.1 Å². The summed E-state index contributed by atoms with van der Waals surface area (Å²) in [4.78, 5) is 0.